The Morgan fingerprint density at radius 2 is 2.13 bits per heavy atom. The molecule has 4 rings (SSSR count). The van der Waals surface area contributed by atoms with Gasteiger partial charge in [0.2, 0.25) is 5.91 Å². The monoisotopic (exact) mass is 373 g/mol. The summed E-state index contributed by atoms with van der Waals surface area (Å²) >= 11 is 3.41. The largest absolute Gasteiger partial charge is 0.465 e. The van der Waals surface area contributed by atoms with E-state index in [9.17, 15) is 9.59 Å². The molecule has 2 aliphatic rings. The van der Waals surface area contributed by atoms with Crippen LogP contribution in [0.15, 0.2) is 29.0 Å². The van der Waals surface area contributed by atoms with E-state index in [2.05, 4.69) is 31.2 Å². The Labute approximate surface area is 140 Å². The molecule has 7 heteroatoms. The summed E-state index contributed by atoms with van der Waals surface area (Å²) in [5.74, 6) is 0.0943. The highest BCUT2D eigenvalue weighted by Gasteiger charge is 2.51. The van der Waals surface area contributed by atoms with Crippen LogP contribution >= 0.6 is 15.9 Å². The first-order chi connectivity index (χ1) is 11.0. The first-order valence-corrected chi connectivity index (χ1v) is 7.86. The van der Waals surface area contributed by atoms with Gasteiger partial charge in [0.1, 0.15) is 5.82 Å². The summed E-state index contributed by atoms with van der Waals surface area (Å²) in [5.41, 5.74) is 2.30. The lowest BCUT2D eigenvalue weighted by molar-refractivity contribution is -0.120. The zero-order chi connectivity index (χ0) is 16.2. The molecule has 0 saturated heterocycles. The molecule has 3 heterocycles. The predicted octanol–water partition coefficient (Wildman–Crippen LogP) is 2.01. The van der Waals surface area contributed by atoms with Gasteiger partial charge in [0, 0.05) is 34.5 Å². The number of hydrogen-bond donors (Lipinski definition) is 1. The molecule has 1 amide bonds. The van der Waals surface area contributed by atoms with Gasteiger partial charge in [0.05, 0.1) is 18.1 Å². The van der Waals surface area contributed by atoms with Gasteiger partial charge in [-0.15, -0.1) is 0 Å². The molecule has 0 bridgehead atoms. The third-order valence-electron chi connectivity index (χ3n) is 4.48. The fourth-order valence-corrected chi connectivity index (χ4v) is 3.69. The Morgan fingerprint density at radius 3 is 2.91 bits per heavy atom. The zero-order valence-corrected chi connectivity index (χ0v) is 13.8. The van der Waals surface area contributed by atoms with Gasteiger partial charge in [-0.25, -0.2) is 9.78 Å². The maximum Gasteiger partial charge on any atom is 0.339 e. The standard InChI is InChI=1S/C16H12BrN3O3/c1-23-14(21)9-2-8-4-16(5-12(8)18-6-9)11-3-10(17)7-19-13(11)20-15(16)22/h2-3,6-7H,4-5H2,1H3,(H,19,20,22)/t16-/m0/s1. The van der Waals surface area contributed by atoms with Crippen LogP contribution in [0.1, 0.15) is 27.2 Å². The quantitative estimate of drug-likeness (QED) is 0.773. The Morgan fingerprint density at radius 1 is 1.30 bits per heavy atom. The second kappa shape index (κ2) is 4.86. The van der Waals surface area contributed by atoms with Crippen LogP contribution in [0.25, 0.3) is 0 Å². The first kappa shape index (κ1) is 14.3. The summed E-state index contributed by atoms with van der Waals surface area (Å²) in [6.07, 6.45) is 4.16. The third kappa shape index (κ3) is 1.99. The van der Waals surface area contributed by atoms with Gasteiger partial charge in [-0.1, -0.05) is 0 Å². The Hall–Kier alpha value is -2.28. The van der Waals surface area contributed by atoms with Crippen molar-refractivity contribution in [2.45, 2.75) is 18.3 Å². The summed E-state index contributed by atoms with van der Waals surface area (Å²) in [5, 5.41) is 2.85. The van der Waals surface area contributed by atoms with E-state index in [0.29, 0.717) is 24.2 Å². The molecule has 2 aromatic heterocycles. The minimum atomic E-state index is -0.698. The maximum absolute atomic E-state index is 12.6. The summed E-state index contributed by atoms with van der Waals surface area (Å²) in [6, 6.07) is 3.69. The number of halogens is 1. The lowest BCUT2D eigenvalue weighted by Gasteiger charge is -2.20. The molecule has 1 aliphatic carbocycles. The van der Waals surface area contributed by atoms with Crippen molar-refractivity contribution in [3.05, 3.63) is 51.4 Å². The Kier molecular flexibility index (Phi) is 3.02. The number of fused-ring (bicyclic) bond motifs is 3. The number of anilines is 1. The van der Waals surface area contributed by atoms with Crippen molar-refractivity contribution in [3.63, 3.8) is 0 Å². The van der Waals surface area contributed by atoms with Crippen molar-refractivity contribution in [1.82, 2.24) is 9.97 Å². The number of nitrogens with one attached hydrogen (secondary N) is 1. The highest BCUT2D eigenvalue weighted by molar-refractivity contribution is 9.10. The number of nitrogens with zero attached hydrogens (tertiary/aromatic N) is 2. The van der Waals surface area contributed by atoms with Crippen LogP contribution in [0.5, 0.6) is 0 Å². The second-order valence-electron chi connectivity index (χ2n) is 5.76. The van der Waals surface area contributed by atoms with Crippen LogP contribution in [0.3, 0.4) is 0 Å². The van der Waals surface area contributed by atoms with Crippen molar-refractivity contribution >= 4 is 33.6 Å². The molecule has 0 unspecified atom stereocenters. The average Bonchev–Trinajstić information content (AvgIpc) is 3.06. The zero-order valence-electron chi connectivity index (χ0n) is 12.2. The number of ether oxygens (including phenoxy) is 1. The molecule has 1 spiro atoms. The number of methoxy groups -OCH3 is 1. The highest BCUT2D eigenvalue weighted by atomic mass is 79.9. The summed E-state index contributed by atoms with van der Waals surface area (Å²) in [4.78, 5) is 32.9. The number of esters is 1. The maximum atomic E-state index is 12.6. The fraction of sp³-hybridized carbons (Fsp3) is 0.250. The van der Waals surface area contributed by atoms with Gasteiger partial charge in [-0.05, 0) is 40.0 Å². The van der Waals surface area contributed by atoms with E-state index in [0.717, 1.165) is 21.3 Å². The van der Waals surface area contributed by atoms with Gasteiger partial charge in [-0.2, -0.15) is 0 Å². The van der Waals surface area contributed by atoms with Gasteiger partial charge in [0.25, 0.3) is 0 Å². The predicted molar refractivity (Wildman–Crippen MR) is 85.2 cm³/mol. The van der Waals surface area contributed by atoms with E-state index in [-0.39, 0.29) is 5.91 Å². The van der Waals surface area contributed by atoms with E-state index < -0.39 is 11.4 Å². The van der Waals surface area contributed by atoms with Gasteiger partial charge in [-0.3, -0.25) is 9.78 Å². The van der Waals surface area contributed by atoms with E-state index >= 15 is 0 Å². The van der Waals surface area contributed by atoms with E-state index in [4.69, 9.17) is 4.74 Å². The number of aromatic nitrogens is 2. The number of hydrogen-bond acceptors (Lipinski definition) is 5. The van der Waals surface area contributed by atoms with Gasteiger partial charge >= 0.3 is 5.97 Å². The van der Waals surface area contributed by atoms with E-state index in [1.807, 2.05) is 6.07 Å². The molecule has 0 radical (unpaired) electrons. The topological polar surface area (TPSA) is 81.2 Å². The minimum absolute atomic E-state index is 0.0734. The minimum Gasteiger partial charge on any atom is -0.465 e. The summed E-state index contributed by atoms with van der Waals surface area (Å²) in [7, 11) is 1.33. The second-order valence-corrected chi connectivity index (χ2v) is 6.68. The first-order valence-electron chi connectivity index (χ1n) is 7.07. The molecule has 116 valence electrons. The van der Waals surface area contributed by atoms with Gasteiger partial charge < -0.3 is 10.1 Å². The van der Waals surface area contributed by atoms with Gasteiger partial charge in [0.15, 0.2) is 0 Å². The van der Waals surface area contributed by atoms with E-state index in [1.54, 1.807) is 12.3 Å². The Bertz CT molecular complexity index is 868. The van der Waals surface area contributed by atoms with Crippen molar-refractivity contribution in [3.8, 4) is 0 Å². The number of pyridine rings is 2. The SMILES string of the molecule is COC(=O)c1cnc2c(c1)C[C@@]1(C2)C(=O)Nc2ncc(Br)cc21. The molecule has 6 nitrogen and oxygen atoms in total. The molecule has 23 heavy (non-hydrogen) atoms. The number of amides is 1. The molecule has 1 N–H and O–H groups in total. The number of rotatable bonds is 1. The van der Waals surface area contributed by atoms with Crippen LogP contribution < -0.4 is 5.32 Å². The van der Waals surface area contributed by atoms with Crippen molar-refractivity contribution in [1.29, 1.82) is 0 Å². The molecule has 0 fully saturated rings. The van der Waals surface area contributed by atoms with Crippen LogP contribution in [-0.4, -0.2) is 29.0 Å². The average molecular weight is 374 g/mol. The molecule has 0 saturated carbocycles. The summed E-state index contributed by atoms with van der Waals surface area (Å²) < 4.78 is 5.56. The van der Waals surface area contributed by atoms with Crippen molar-refractivity contribution in [2.75, 3.05) is 12.4 Å². The van der Waals surface area contributed by atoms with E-state index in [1.165, 1.54) is 13.3 Å². The fourth-order valence-electron chi connectivity index (χ4n) is 3.36. The molecule has 1 atom stereocenters. The van der Waals surface area contributed by atoms with Crippen LogP contribution in [-0.2, 0) is 27.8 Å². The molecule has 1 aliphatic heterocycles. The molecular weight excluding hydrogens is 362 g/mol. The lowest BCUT2D eigenvalue weighted by atomic mass is 9.80. The normalized spacial score (nSPS) is 21.0. The number of carbonyl (C=O) groups is 2. The van der Waals surface area contributed by atoms with Crippen LogP contribution in [0.4, 0.5) is 5.82 Å². The highest BCUT2D eigenvalue weighted by Crippen LogP contribution is 2.46. The van der Waals surface area contributed by atoms with Crippen LogP contribution in [0, 0.1) is 0 Å². The van der Waals surface area contributed by atoms with Crippen LogP contribution in [0.2, 0.25) is 0 Å². The molecule has 0 aromatic carbocycles. The lowest BCUT2D eigenvalue weighted by Crippen LogP contribution is -2.35. The van der Waals surface area contributed by atoms with Crippen molar-refractivity contribution in [2.24, 2.45) is 0 Å². The summed E-state index contributed by atoms with van der Waals surface area (Å²) in [6.45, 7) is 0. The smallest absolute Gasteiger partial charge is 0.339 e. The number of carbonyl (C=O) groups excluding carboxylic acids is 2. The van der Waals surface area contributed by atoms with Crippen molar-refractivity contribution < 1.29 is 14.3 Å². The Balaban J connectivity index is 1.80. The molecule has 2 aromatic rings. The molecular formula is C16H12BrN3O3. The third-order valence-corrected chi connectivity index (χ3v) is 4.91.